The summed E-state index contributed by atoms with van der Waals surface area (Å²) in [5.74, 6) is 1.30. The normalized spacial score (nSPS) is 35.7. The summed E-state index contributed by atoms with van der Waals surface area (Å²) in [4.78, 5) is 0. The standard InChI is InChI=1S/C19H32/c1-11-12(2)15-14(4)17(5,6)19(9,10)18(7,8)16(15)13(11)3/h12,14H,1-10H3. The van der Waals surface area contributed by atoms with E-state index in [1.54, 1.807) is 22.3 Å². The molecular weight excluding hydrogens is 228 g/mol. The van der Waals surface area contributed by atoms with Crippen molar-refractivity contribution in [2.75, 3.05) is 0 Å². The smallest absolute Gasteiger partial charge is 0.000935 e. The van der Waals surface area contributed by atoms with Crippen molar-refractivity contribution >= 4 is 0 Å². The van der Waals surface area contributed by atoms with Gasteiger partial charge in [0.05, 0.1) is 0 Å². The van der Waals surface area contributed by atoms with Gasteiger partial charge in [0.15, 0.2) is 0 Å². The van der Waals surface area contributed by atoms with Crippen LogP contribution in [0.2, 0.25) is 0 Å². The Labute approximate surface area is 120 Å². The van der Waals surface area contributed by atoms with Gasteiger partial charge in [0.1, 0.15) is 0 Å². The fourth-order valence-electron chi connectivity index (χ4n) is 4.66. The van der Waals surface area contributed by atoms with Crippen molar-refractivity contribution < 1.29 is 0 Å². The fraction of sp³-hybridized carbons (Fsp3) is 0.789. The van der Waals surface area contributed by atoms with Crippen molar-refractivity contribution in [3.05, 3.63) is 22.3 Å². The maximum absolute atomic E-state index is 2.47. The molecule has 2 aliphatic rings. The molecule has 0 saturated heterocycles. The van der Waals surface area contributed by atoms with Gasteiger partial charge in [-0.25, -0.2) is 0 Å². The minimum absolute atomic E-state index is 0.244. The third-order valence-corrected chi connectivity index (χ3v) is 7.72. The van der Waals surface area contributed by atoms with Crippen LogP contribution in [0.5, 0.6) is 0 Å². The molecule has 2 rings (SSSR count). The molecular formula is C19H32. The lowest BCUT2D eigenvalue weighted by atomic mass is 9.44. The highest BCUT2D eigenvalue weighted by molar-refractivity contribution is 5.54. The summed E-state index contributed by atoms with van der Waals surface area (Å²) in [6.45, 7) is 24.3. The molecule has 2 atom stereocenters. The summed E-state index contributed by atoms with van der Waals surface area (Å²) in [6, 6.07) is 0. The molecule has 0 N–H and O–H groups in total. The van der Waals surface area contributed by atoms with Gasteiger partial charge in [-0.3, -0.25) is 0 Å². The van der Waals surface area contributed by atoms with Crippen LogP contribution in [0, 0.1) is 28.1 Å². The molecule has 0 aromatic heterocycles. The third-order valence-electron chi connectivity index (χ3n) is 7.72. The van der Waals surface area contributed by atoms with E-state index < -0.39 is 0 Å². The molecule has 2 aliphatic carbocycles. The minimum atomic E-state index is 0.244. The SMILES string of the molecule is CC1=C(C)C(C)C2=C1C(C)(C)C(C)(C)C(C)(C)C2C. The van der Waals surface area contributed by atoms with Gasteiger partial charge in [-0.1, -0.05) is 66.5 Å². The van der Waals surface area contributed by atoms with E-state index in [1.165, 1.54) is 0 Å². The van der Waals surface area contributed by atoms with E-state index in [4.69, 9.17) is 0 Å². The van der Waals surface area contributed by atoms with E-state index >= 15 is 0 Å². The summed E-state index contributed by atoms with van der Waals surface area (Å²) in [5, 5.41) is 0. The first-order chi connectivity index (χ1) is 8.39. The highest BCUT2D eigenvalue weighted by atomic mass is 14.6. The van der Waals surface area contributed by atoms with Gasteiger partial charge in [-0.05, 0) is 53.1 Å². The lowest BCUT2D eigenvalue weighted by Gasteiger charge is -2.60. The summed E-state index contributed by atoms with van der Waals surface area (Å²) in [5.41, 5.74) is 7.44. The van der Waals surface area contributed by atoms with Crippen LogP contribution < -0.4 is 0 Å². The Morgan fingerprint density at radius 1 is 0.842 bits per heavy atom. The molecule has 0 aromatic carbocycles. The predicted molar refractivity (Wildman–Crippen MR) is 85.1 cm³/mol. The molecule has 0 heterocycles. The average Bonchev–Trinajstić information content (AvgIpc) is 2.51. The van der Waals surface area contributed by atoms with Gasteiger partial charge in [0, 0.05) is 0 Å². The molecule has 2 unspecified atom stereocenters. The van der Waals surface area contributed by atoms with Gasteiger partial charge < -0.3 is 0 Å². The van der Waals surface area contributed by atoms with Crippen molar-refractivity contribution in [2.45, 2.75) is 69.2 Å². The van der Waals surface area contributed by atoms with Crippen LogP contribution in [0.3, 0.4) is 0 Å². The Morgan fingerprint density at radius 3 is 1.79 bits per heavy atom. The maximum Gasteiger partial charge on any atom is -0.000935 e. The summed E-state index contributed by atoms with van der Waals surface area (Å²) in [7, 11) is 0. The first kappa shape index (κ1) is 14.9. The molecule has 0 amide bonds. The van der Waals surface area contributed by atoms with Gasteiger partial charge in [0.2, 0.25) is 0 Å². The molecule has 0 spiro atoms. The Balaban J connectivity index is 2.78. The fourth-order valence-corrected chi connectivity index (χ4v) is 4.66. The first-order valence-corrected chi connectivity index (χ1v) is 7.81. The van der Waals surface area contributed by atoms with Crippen molar-refractivity contribution in [2.24, 2.45) is 28.1 Å². The number of allylic oxidation sites excluding steroid dienone is 4. The average molecular weight is 260 g/mol. The van der Waals surface area contributed by atoms with Gasteiger partial charge in [0.25, 0.3) is 0 Å². The zero-order chi connectivity index (χ0) is 15.0. The quantitative estimate of drug-likeness (QED) is 0.501. The molecule has 0 aliphatic heterocycles. The largest absolute Gasteiger partial charge is 0.0632 e. The number of rotatable bonds is 0. The van der Waals surface area contributed by atoms with E-state index in [2.05, 4.69) is 69.2 Å². The Bertz CT molecular complexity index is 480. The van der Waals surface area contributed by atoms with Crippen LogP contribution >= 0.6 is 0 Å². The van der Waals surface area contributed by atoms with E-state index in [0.717, 1.165) is 0 Å². The highest BCUT2D eigenvalue weighted by Crippen LogP contribution is 2.67. The molecule has 0 radical (unpaired) electrons. The first-order valence-electron chi connectivity index (χ1n) is 7.81. The number of hydrogen-bond donors (Lipinski definition) is 0. The third kappa shape index (κ3) is 1.46. The lowest BCUT2D eigenvalue weighted by molar-refractivity contribution is -0.0413. The van der Waals surface area contributed by atoms with Crippen LogP contribution in [0.15, 0.2) is 22.3 Å². The minimum Gasteiger partial charge on any atom is -0.0632 e. The van der Waals surface area contributed by atoms with E-state index in [0.29, 0.717) is 22.7 Å². The molecule has 0 nitrogen and oxygen atoms in total. The molecule has 0 fully saturated rings. The second-order valence-electron chi connectivity index (χ2n) is 8.55. The van der Waals surface area contributed by atoms with Crippen molar-refractivity contribution in [3.8, 4) is 0 Å². The van der Waals surface area contributed by atoms with Crippen LogP contribution in [0.25, 0.3) is 0 Å². The van der Waals surface area contributed by atoms with Crippen molar-refractivity contribution in [1.29, 1.82) is 0 Å². The van der Waals surface area contributed by atoms with Gasteiger partial charge >= 0.3 is 0 Å². The second kappa shape index (κ2) is 3.77. The van der Waals surface area contributed by atoms with Crippen LogP contribution in [-0.4, -0.2) is 0 Å². The highest BCUT2D eigenvalue weighted by Gasteiger charge is 2.58. The summed E-state index contributed by atoms with van der Waals surface area (Å²) >= 11 is 0. The molecule has 0 saturated carbocycles. The van der Waals surface area contributed by atoms with E-state index in [1.807, 2.05) is 0 Å². The lowest BCUT2D eigenvalue weighted by Crippen LogP contribution is -2.53. The topological polar surface area (TPSA) is 0 Å². The molecule has 0 aromatic rings. The summed E-state index contributed by atoms with van der Waals surface area (Å²) < 4.78 is 0. The van der Waals surface area contributed by atoms with Crippen LogP contribution in [0.4, 0.5) is 0 Å². The molecule has 19 heavy (non-hydrogen) atoms. The molecule has 108 valence electrons. The molecule has 0 heteroatoms. The molecule has 0 bridgehead atoms. The predicted octanol–water partition coefficient (Wildman–Crippen LogP) is 6.00. The Morgan fingerprint density at radius 2 is 1.32 bits per heavy atom. The maximum atomic E-state index is 2.47. The van der Waals surface area contributed by atoms with Gasteiger partial charge in [-0.15, -0.1) is 0 Å². The van der Waals surface area contributed by atoms with Crippen LogP contribution in [0.1, 0.15) is 69.2 Å². The number of hydrogen-bond acceptors (Lipinski definition) is 0. The Hall–Kier alpha value is -0.520. The Kier molecular flexibility index (Phi) is 2.95. The second-order valence-corrected chi connectivity index (χ2v) is 8.55. The van der Waals surface area contributed by atoms with E-state index in [9.17, 15) is 0 Å². The van der Waals surface area contributed by atoms with Crippen molar-refractivity contribution in [3.63, 3.8) is 0 Å². The van der Waals surface area contributed by atoms with Gasteiger partial charge in [-0.2, -0.15) is 0 Å². The monoisotopic (exact) mass is 260 g/mol. The van der Waals surface area contributed by atoms with Crippen molar-refractivity contribution in [1.82, 2.24) is 0 Å². The zero-order valence-electron chi connectivity index (χ0n) is 14.7. The van der Waals surface area contributed by atoms with Crippen LogP contribution in [-0.2, 0) is 0 Å². The zero-order valence-corrected chi connectivity index (χ0v) is 14.7. The summed E-state index contributed by atoms with van der Waals surface area (Å²) in [6.07, 6.45) is 0. The van der Waals surface area contributed by atoms with E-state index in [-0.39, 0.29) is 5.41 Å².